The lowest BCUT2D eigenvalue weighted by atomic mass is 9.99. The molecule has 0 radical (unpaired) electrons. The molecule has 0 bridgehead atoms. The average molecular weight is 471 g/mol. The Morgan fingerprint density at radius 2 is 1.59 bits per heavy atom. The number of sulfonamides is 1. The van der Waals surface area contributed by atoms with E-state index in [1.807, 2.05) is 25.1 Å². The Hall–Kier alpha value is -3.03. The summed E-state index contributed by atoms with van der Waals surface area (Å²) in [5.74, 6) is 1.14. The number of nitrogens with zero attached hydrogens (tertiary/aromatic N) is 2. The van der Waals surface area contributed by atoms with Crippen LogP contribution in [-0.2, 0) is 10.0 Å². The van der Waals surface area contributed by atoms with Crippen molar-refractivity contribution >= 4 is 27.3 Å². The van der Waals surface area contributed by atoms with E-state index in [1.54, 1.807) is 62.8 Å². The van der Waals surface area contributed by atoms with Crippen molar-refractivity contribution in [1.82, 2.24) is 4.41 Å². The van der Waals surface area contributed by atoms with Crippen LogP contribution in [0.15, 0.2) is 76.7 Å². The Morgan fingerprint density at radius 1 is 0.938 bits per heavy atom. The fraction of sp³-hybridized carbons (Fsp3) is 0.208. The molecule has 0 spiro atoms. The number of hydrazone groups is 1. The highest BCUT2D eigenvalue weighted by molar-refractivity contribution is 7.89. The van der Waals surface area contributed by atoms with Crippen LogP contribution in [0.25, 0.3) is 0 Å². The fourth-order valence-electron chi connectivity index (χ4n) is 3.65. The Balaban J connectivity index is 1.80. The van der Waals surface area contributed by atoms with E-state index >= 15 is 0 Å². The van der Waals surface area contributed by atoms with E-state index in [0.29, 0.717) is 28.7 Å². The number of benzene rings is 3. The van der Waals surface area contributed by atoms with Gasteiger partial charge in [-0.3, -0.25) is 0 Å². The maximum absolute atomic E-state index is 13.5. The molecule has 166 valence electrons. The summed E-state index contributed by atoms with van der Waals surface area (Å²) >= 11 is 6.06. The zero-order valence-corrected chi connectivity index (χ0v) is 19.5. The van der Waals surface area contributed by atoms with Gasteiger partial charge in [-0.05, 0) is 55.0 Å². The lowest BCUT2D eigenvalue weighted by Gasteiger charge is -2.23. The molecule has 32 heavy (non-hydrogen) atoms. The van der Waals surface area contributed by atoms with Crippen molar-refractivity contribution in [2.75, 3.05) is 14.2 Å². The second kappa shape index (κ2) is 8.84. The van der Waals surface area contributed by atoms with Crippen LogP contribution in [0.3, 0.4) is 0 Å². The first-order valence-electron chi connectivity index (χ1n) is 10.00. The second-order valence-electron chi connectivity index (χ2n) is 7.48. The molecule has 4 rings (SSSR count). The highest BCUT2D eigenvalue weighted by Gasteiger charge is 2.37. The van der Waals surface area contributed by atoms with Crippen molar-refractivity contribution in [3.8, 4) is 11.5 Å². The Kier molecular flexibility index (Phi) is 6.13. The van der Waals surface area contributed by atoms with Crippen LogP contribution in [-0.4, -0.2) is 32.8 Å². The minimum absolute atomic E-state index is 0.194. The summed E-state index contributed by atoms with van der Waals surface area (Å²) in [7, 11) is -0.751. The number of hydrogen-bond donors (Lipinski definition) is 0. The van der Waals surface area contributed by atoms with Crippen molar-refractivity contribution < 1.29 is 17.9 Å². The maximum atomic E-state index is 13.5. The van der Waals surface area contributed by atoms with Gasteiger partial charge in [0.1, 0.15) is 0 Å². The van der Waals surface area contributed by atoms with Gasteiger partial charge < -0.3 is 9.47 Å². The van der Waals surface area contributed by atoms with E-state index in [9.17, 15) is 8.42 Å². The Labute approximate surface area is 193 Å². The molecule has 1 aliphatic heterocycles. The lowest BCUT2D eigenvalue weighted by molar-refractivity contribution is 0.355. The number of ether oxygens (including phenoxy) is 2. The fourth-order valence-corrected chi connectivity index (χ4v) is 5.21. The van der Waals surface area contributed by atoms with Crippen LogP contribution >= 0.6 is 11.6 Å². The molecule has 0 saturated carbocycles. The third kappa shape index (κ3) is 4.18. The van der Waals surface area contributed by atoms with E-state index in [0.717, 1.165) is 16.7 Å². The van der Waals surface area contributed by atoms with Crippen molar-refractivity contribution in [2.45, 2.75) is 24.3 Å². The Bertz CT molecular complexity index is 1260. The highest BCUT2D eigenvalue weighted by Crippen LogP contribution is 2.38. The topological polar surface area (TPSA) is 68.2 Å². The van der Waals surface area contributed by atoms with Crippen LogP contribution in [0, 0.1) is 6.92 Å². The summed E-state index contributed by atoms with van der Waals surface area (Å²) in [6.07, 6.45) is 0.405. The predicted molar refractivity (Wildman–Crippen MR) is 125 cm³/mol. The van der Waals surface area contributed by atoms with Crippen LogP contribution in [0.4, 0.5) is 0 Å². The first-order valence-corrected chi connectivity index (χ1v) is 11.8. The number of halogens is 1. The van der Waals surface area contributed by atoms with Gasteiger partial charge in [0.15, 0.2) is 11.5 Å². The maximum Gasteiger partial charge on any atom is 0.279 e. The molecule has 6 nitrogen and oxygen atoms in total. The molecule has 0 fully saturated rings. The van der Waals surface area contributed by atoms with Gasteiger partial charge in [-0.25, -0.2) is 0 Å². The monoisotopic (exact) mass is 470 g/mol. The van der Waals surface area contributed by atoms with Crippen molar-refractivity contribution in [2.24, 2.45) is 5.10 Å². The number of hydrogen-bond acceptors (Lipinski definition) is 5. The Morgan fingerprint density at radius 3 is 2.22 bits per heavy atom. The van der Waals surface area contributed by atoms with Gasteiger partial charge in [0.2, 0.25) is 0 Å². The molecular formula is C24H23ClN2O4S. The quantitative estimate of drug-likeness (QED) is 0.496. The molecule has 0 unspecified atom stereocenters. The molecule has 1 atom stereocenters. The number of methoxy groups -OCH3 is 2. The molecule has 3 aromatic rings. The molecule has 0 aromatic heterocycles. The molecule has 0 aliphatic carbocycles. The third-order valence-corrected chi connectivity index (χ3v) is 7.36. The predicted octanol–water partition coefficient (Wildman–Crippen LogP) is 5.21. The number of aryl methyl sites for hydroxylation is 1. The lowest BCUT2D eigenvalue weighted by Crippen LogP contribution is -2.27. The minimum Gasteiger partial charge on any atom is -0.493 e. The van der Waals surface area contributed by atoms with Crippen LogP contribution in [0.2, 0.25) is 5.02 Å². The molecule has 1 aliphatic rings. The molecule has 0 saturated heterocycles. The molecule has 3 aromatic carbocycles. The summed E-state index contributed by atoms with van der Waals surface area (Å²) in [6, 6.07) is 18.9. The summed E-state index contributed by atoms with van der Waals surface area (Å²) in [6.45, 7) is 1.91. The molecule has 1 heterocycles. The van der Waals surface area contributed by atoms with Crippen molar-refractivity contribution in [3.05, 3.63) is 88.4 Å². The van der Waals surface area contributed by atoms with Gasteiger partial charge in [0.25, 0.3) is 10.0 Å². The first kappa shape index (κ1) is 22.2. The third-order valence-electron chi connectivity index (χ3n) is 5.41. The van der Waals surface area contributed by atoms with Crippen LogP contribution in [0.5, 0.6) is 11.5 Å². The summed E-state index contributed by atoms with van der Waals surface area (Å²) in [4.78, 5) is 0.194. The van der Waals surface area contributed by atoms with E-state index in [-0.39, 0.29) is 4.90 Å². The van der Waals surface area contributed by atoms with E-state index in [2.05, 4.69) is 5.10 Å². The SMILES string of the molecule is COc1ccc(C2=NN(S(=O)(=O)c3ccc(C)cc3)[C@@H](c3ccc(Cl)cc3)C2)cc1OC. The summed E-state index contributed by atoms with van der Waals surface area (Å²) < 4.78 is 39.0. The molecule has 0 N–H and O–H groups in total. The van der Waals surface area contributed by atoms with Crippen molar-refractivity contribution in [3.63, 3.8) is 0 Å². The smallest absolute Gasteiger partial charge is 0.279 e. The van der Waals surface area contributed by atoms with Gasteiger partial charge in [-0.15, -0.1) is 0 Å². The van der Waals surface area contributed by atoms with Crippen LogP contribution in [0.1, 0.15) is 29.2 Å². The van der Waals surface area contributed by atoms with E-state index in [4.69, 9.17) is 21.1 Å². The molecular weight excluding hydrogens is 448 g/mol. The zero-order chi connectivity index (χ0) is 22.9. The average Bonchev–Trinajstić information content (AvgIpc) is 3.26. The van der Waals surface area contributed by atoms with Crippen LogP contribution < -0.4 is 9.47 Å². The van der Waals surface area contributed by atoms with Gasteiger partial charge >= 0.3 is 0 Å². The molecule has 8 heteroatoms. The zero-order valence-electron chi connectivity index (χ0n) is 17.9. The minimum atomic E-state index is -3.88. The van der Waals surface area contributed by atoms with Gasteiger partial charge in [-0.1, -0.05) is 41.4 Å². The number of rotatable bonds is 6. The highest BCUT2D eigenvalue weighted by atomic mass is 35.5. The largest absolute Gasteiger partial charge is 0.493 e. The second-order valence-corrected chi connectivity index (χ2v) is 9.71. The van der Waals surface area contributed by atoms with Gasteiger partial charge in [0, 0.05) is 17.0 Å². The summed E-state index contributed by atoms with van der Waals surface area (Å²) in [5.41, 5.74) is 3.20. The van der Waals surface area contributed by atoms with E-state index in [1.165, 1.54) is 4.41 Å². The summed E-state index contributed by atoms with van der Waals surface area (Å²) in [5, 5.41) is 5.16. The van der Waals surface area contributed by atoms with Gasteiger partial charge in [0.05, 0.1) is 30.9 Å². The normalized spacial score (nSPS) is 16.1. The molecule has 0 amide bonds. The first-order chi connectivity index (χ1) is 15.3. The van der Waals surface area contributed by atoms with E-state index < -0.39 is 16.1 Å². The van der Waals surface area contributed by atoms with Gasteiger partial charge in [-0.2, -0.15) is 17.9 Å². The van der Waals surface area contributed by atoms with Crippen molar-refractivity contribution in [1.29, 1.82) is 0 Å². The standard InChI is InChI=1S/C24H23ClN2O4S/c1-16-4-11-20(12-5-16)32(28,29)27-22(17-6-9-19(25)10-7-17)15-21(26-27)18-8-13-23(30-2)24(14-18)31-3/h4-14,22H,15H2,1-3H3/t22-/m1/s1.